The van der Waals surface area contributed by atoms with Crippen LogP contribution in [0.5, 0.6) is 23.0 Å². The van der Waals surface area contributed by atoms with E-state index in [2.05, 4.69) is 5.32 Å². The number of anilines is 1. The zero-order chi connectivity index (χ0) is 29.0. The maximum atomic E-state index is 14.2. The number of para-hydroxylation sites is 1. The highest BCUT2D eigenvalue weighted by Gasteiger charge is 2.44. The number of nitrogens with one attached hydrogen (secondary N) is 1. The second-order valence-electron chi connectivity index (χ2n) is 9.00. The summed E-state index contributed by atoms with van der Waals surface area (Å²) in [5, 5.41) is 2.91. The summed E-state index contributed by atoms with van der Waals surface area (Å²) in [6, 6.07) is 14.3. The lowest BCUT2D eigenvalue weighted by atomic mass is 9.79. The fourth-order valence-corrected chi connectivity index (χ4v) is 4.97. The molecule has 0 aliphatic carbocycles. The van der Waals surface area contributed by atoms with Crippen LogP contribution in [0.2, 0.25) is 0 Å². The van der Waals surface area contributed by atoms with Crippen LogP contribution in [0, 0.1) is 0 Å². The molecule has 3 aromatic rings. The van der Waals surface area contributed by atoms with Crippen molar-refractivity contribution in [2.75, 3.05) is 47.4 Å². The Hall–Kier alpha value is -4.73. The lowest BCUT2D eigenvalue weighted by Gasteiger charge is -2.40. The van der Waals surface area contributed by atoms with E-state index in [1.165, 1.54) is 33.3 Å². The molecular formula is C30H32N2O8. The minimum Gasteiger partial charge on any atom is -0.493 e. The predicted octanol–water partition coefficient (Wildman–Crippen LogP) is 4.45. The Morgan fingerprint density at radius 3 is 2.12 bits per heavy atom. The molecule has 0 saturated carbocycles. The van der Waals surface area contributed by atoms with Gasteiger partial charge in [0.1, 0.15) is 0 Å². The molecule has 2 amide bonds. The number of rotatable bonds is 9. The number of nitrogens with zero attached hydrogens (tertiary/aromatic N) is 1. The number of hydrogen-bond acceptors (Lipinski definition) is 8. The van der Waals surface area contributed by atoms with Crippen LogP contribution >= 0.6 is 0 Å². The summed E-state index contributed by atoms with van der Waals surface area (Å²) in [7, 11) is 7.64. The van der Waals surface area contributed by atoms with E-state index in [0.717, 1.165) is 0 Å². The smallest absolute Gasteiger partial charge is 0.340 e. The van der Waals surface area contributed by atoms with Crippen LogP contribution in [-0.4, -0.2) is 64.8 Å². The molecular weight excluding hydrogens is 516 g/mol. The summed E-state index contributed by atoms with van der Waals surface area (Å²) in [4.78, 5) is 42.0. The van der Waals surface area contributed by atoms with Crippen LogP contribution in [0.3, 0.4) is 0 Å². The first kappa shape index (κ1) is 28.3. The quantitative estimate of drug-likeness (QED) is 0.391. The fraction of sp³-hybridized carbons (Fsp3) is 0.300. The third-order valence-electron chi connectivity index (χ3n) is 6.89. The Morgan fingerprint density at radius 2 is 1.48 bits per heavy atom. The molecule has 0 aromatic heterocycles. The molecule has 0 fully saturated rings. The molecule has 0 bridgehead atoms. The molecule has 1 heterocycles. The highest BCUT2D eigenvalue weighted by Crippen LogP contribution is 2.47. The number of hydrogen-bond donors (Lipinski definition) is 1. The summed E-state index contributed by atoms with van der Waals surface area (Å²) in [5.41, 5.74) is 1.90. The molecule has 3 aromatic carbocycles. The number of carbonyl (C=O) groups is 3. The lowest BCUT2D eigenvalue weighted by molar-refractivity contribution is -0.119. The number of esters is 1. The third-order valence-corrected chi connectivity index (χ3v) is 6.89. The van der Waals surface area contributed by atoms with Crippen LogP contribution < -0.4 is 24.3 Å². The van der Waals surface area contributed by atoms with Gasteiger partial charge in [-0.15, -0.1) is 0 Å². The standard InChI is InChI=1S/C30H32N2O8/c1-7-40-30(35)18-10-8-9-11-21(18)31-28(33)26-19-15-24(38-5)25(39-6)16-20(19)29(34)32(2)27(26)17-12-13-22(36-3)23(14-17)37-4/h8-16,26-27H,7H2,1-6H3,(H,31,33)/t26-,27+/m0/s1. The van der Waals surface area contributed by atoms with E-state index in [0.29, 0.717) is 45.4 Å². The number of likely N-dealkylation sites (N-methyl/N-ethyl adjacent to an activating group) is 1. The van der Waals surface area contributed by atoms with Crippen molar-refractivity contribution in [2.24, 2.45) is 0 Å². The van der Waals surface area contributed by atoms with Gasteiger partial charge in [0.25, 0.3) is 5.91 Å². The average Bonchev–Trinajstić information content (AvgIpc) is 2.98. The first-order chi connectivity index (χ1) is 19.3. The predicted molar refractivity (Wildman–Crippen MR) is 148 cm³/mol. The third kappa shape index (κ3) is 5.12. The number of carbonyl (C=O) groups excluding carboxylic acids is 3. The molecule has 10 nitrogen and oxygen atoms in total. The minimum absolute atomic E-state index is 0.188. The Morgan fingerprint density at radius 1 is 0.850 bits per heavy atom. The second-order valence-corrected chi connectivity index (χ2v) is 9.00. The lowest BCUT2D eigenvalue weighted by Crippen LogP contribution is -2.44. The number of ether oxygens (including phenoxy) is 5. The largest absolute Gasteiger partial charge is 0.493 e. The highest BCUT2D eigenvalue weighted by atomic mass is 16.5. The van der Waals surface area contributed by atoms with Crippen molar-refractivity contribution in [1.29, 1.82) is 0 Å². The molecule has 4 rings (SSSR count). The van der Waals surface area contributed by atoms with Crippen molar-refractivity contribution in [2.45, 2.75) is 18.9 Å². The molecule has 0 saturated heterocycles. The van der Waals surface area contributed by atoms with E-state index in [9.17, 15) is 14.4 Å². The monoisotopic (exact) mass is 548 g/mol. The van der Waals surface area contributed by atoms with Crippen molar-refractivity contribution in [3.8, 4) is 23.0 Å². The SMILES string of the molecule is CCOC(=O)c1ccccc1NC(=O)[C@H]1c2cc(OC)c(OC)cc2C(=O)N(C)[C@@H]1c1ccc(OC)c(OC)c1. The molecule has 2 atom stereocenters. The topological polar surface area (TPSA) is 113 Å². The molecule has 10 heteroatoms. The zero-order valence-electron chi connectivity index (χ0n) is 23.3. The Balaban J connectivity index is 1.90. The second kappa shape index (κ2) is 12.0. The van der Waals surface area contributed by atoms with Crippen LogP contribution in [0.15, 0.2) is 54.6 Å². The van der Waals surface area contributed by atoms with Crippen LogP contribution in [0.4, 0.5) is 5.69 Å². The van der Waals surface area contributed by atoms with Gasteiger partial charge in [-0.05, 0) is 54.4 Å². The molecule has 0 radical (unpaired) electrons. The molecule has 1 aliphatic heterocycles. The first-order valence-electron chi connectivity index (χ1n) is 12.6. The van der Waals surface area contributed by atoms with E-state index < -0.39 is 23.8 Å². The van der Waals surface area contributed by atoms with E-state index in [1.807, 2.05) is 0 Å². The molecule has 1 aliphatic rings. The number of benzene rings is 3. The number of fused-ring (bicyclic) bond motifs is 1. The van der Waals surface area contributed by atoms with Crippen molar-refractivity contribution in [3.63, 3.8) is 0 Å². The van der Waals surface area contributed by atoms with Crippen molar-refractivity contribution < 1.29 is 38.1 Å². The summed E-state index contributed by atoms with van der Waals surface area (Å²) in [5.74, 6) is -0.522. The van der Waals surface area contributed by atoms with E-state index in [1.54, 1.807) is 68.6 Å². The number of amides is 2. The van der Waals surface area contributed by atoms with Gasteiger partial charge in [-0.25, -0.2) is 4.79 Å². The van der Waals surface area contributed by atoms with Crippen molar-refractivity contribution in [1.82, 2.24) is 4.90 Å². The van der Waals surface area contributed by atoms with Gasteiger partial charge < -0.3 is 33.9 Å². The van der Waals surface area contributed by atoms with Gasteiger partial charge in [-0.2, -0.15) is 0 Å². The maximum absolute atomic E-state index is 14.2. The van der Waals surface area contributed by atoms with Gasteiger partial charge >= 0.3 is 5.97 Å². The van der Waals surface area contributed by atoms with Crippen LogP contribution in [-0.2, 0) is 9.53 Å². The average molecular weight is 549 g/mol. The first-order valence-corrected chi connectivity index (χ1v) is 12.6. The zero-order valence-corrected chi connectivity index (χ0v) is 23.3. The summed E-state index contributed by atoms with van der Waals surface area (Å²) in [6.45, 7) is 1.90. The number of methoxy groups -OCH3 is 4. The van der Waals surface area contributed by atoms with E-state index >= 15 is 0 Å². The highest BCUT2D eigenvalue weighted by molar-refractivity contribution is 6.07. The Bertz CT molecular complexity index is 1440. The van der Waals surface area contributed by atoms with Gasteiger partial charge in [0.2, 0.25) is 5.91 Å². The van der Waals surface area contributed by atoms with Crippen LogP contribution in [0.25, 0.3) is 0 Å². The van der Waals surface area contributed by atoms with Gasteiger partial charge in [0, 0.05) is 12.6 Å². The van der Waals surface area contributed by atoms with Crippen LogP contribution in [0.1, 0.15) is 50.7 Å². The van der Waals surface area contributed by atoms with Gasteiger partial charge in [0.15, 0.2) is 23.0 Å². The molecule has 1 N–H and O–H groups in total. The molecule has 40 heavy (non-hydrogen) atoms. The minimum atomic E-state index is -0.911. The summed E-state index contributed by atoms with van der Waals surface area (Å²) in [6.07, 6.45) is 0. The van der Waals surface area contributed by atoms with E-state index in [-0.39, 0.29) is 18.1 Å². The van der Waals surface area contributed by atoms with Gasteiger partial charge in [0.05, 0.1) is 58.3 Å². The maximum Gasteiger partial charge on any atom is 0.340 e. The summed E-state index contributed by atoms with van der Waals surface area (Å²) >= 11 is 0. The fourth-order valence-electron chi connectivity index (χ4n) is 4.97. The molecule has 0 spiro atoms. The van der Waals surface area contributed by atoms with Gasteiger partial charge in [-0.1, -0.05) is 18.2 Å². The Labute approximate surface area is 232 Å². The molecule has 0 unspecified atom stereocenters. The normalized spacial score (nSPS) is 16.1. The van der Waals surface area contributed by atoms with Crippen molar-refractivity contribution in [3.05, 3.63) is 76.9 Å². The summed E-state index contributed by atoms with van der Waals surface area (Å²) < 4.78 is 27.0. The Kier molecular flexibility index (Phi) is 8.47. The van der Waals surface area contributed by atoms with Crippen molar-refractivity contribution >= 4 is 23.5 Å². The van der Waals surface area contributed by atoms with E-state index in [4.69, 9.17) is 23.7 Å². The molecule has 210 valence electrons. The van der Waals surface area contributed by atoms with Gasteiger partial charge in [-0.3, -0.25) is 9.59 Å².